The fraction of sp³-hybridized carbons (Fsp3) is 0.625. The Morgan fingerprint density at radius 3 is 3.00 bits per heavy atom. The molecule has 0 aromatic heterocycles. The second-order valence-corrected chi connectivity index (χ2v) is 5.73. The minimum Gasteiger partial charge on any atom is -0.454 e. The summed E-state index contributed by atoms with van der Waals surface area (Å²) < 4.78 is 10.8. The van der Waals surface area contributed by atoms with E-state index in [1.807, 2.05) is 6.07 Å². The molecule has 0 radical (unpaired) electrons. The van der Waals surface area contributed by atoms with Crippen molar-refractivity contribution >= 4 is 0 Å². The van der Waals surface area contributed by atoms with Gasteiger partial charge in [-0.05, 0) is 56.1 Å². The minimum atomic E-state index is 0.351. The van der Waals surface area contributed by atoms with E-state index in [1.54, 1.807) is 0 Å². The molecule has 0 spiro atoms. The van der Waals surface area contributed by atoms with Crippen LogP contribution in [0.4, 0.5) is 0 Å². The van der Waals surface area contributed by atoms with Gasteiger partial charge in [-0.1, -0.05) is 13.0 Å². The number of rotatable bonds is 5. The van der Waals surface area contributed by atoms with E-state index in [9.17, 15) is 0 Å². The van der Waals surface area contributed by atoms with Gasteiger partial charge in [0.1, 0.15) is 0 Å². The smallest absolute Gasteiger partial charge is 0.231 e. The van der Waals surface area contributed by atoms with Gasteiger partial charge in [-0.25, -0.2) is 0 Å². The van der Waals surface area contributed by atoms with Gasteiger partial charge < -0.3 is 14.8 Å². The summed E-state index contributed by atoms with van der Waals surface area (Å²) in [6, 6.07) is 6.28. The summed E-state index contributed by atoms with van der Waals surface area (Å²) in [5, 5.41) is 3.50. The molecular weight excluding hydrogens is 252 g/mol. The van der Waals surface area contributed by atoms with E-state index in [0.29, 0.717) is 6.79 Å². The summed E-state index contributed by atoms with van der Waals surface area (Å²) >= 11 is 0. The second-order valence-electron chi connectivity index (χ2n) is 5.73. The van der Waals surface area contributed by atoms with Crippen LogP contribution in [0.2, 0.25) is 0 Å². The standard InChI is InChI=1S/C16H24N2O2/c1-2-18(11-14-4-3-7-17-9-14)10-13-5-6-15-16(8-13)20-12-19-15/h5-6,8,14,17H,2-4,7,9-12H2,1H3. The molecule has 1 aromatic carbocycles. The first kappa shape index (κ1) is 13.7. The first-order chi connectivity index (χ1) is 9.85. The second kappa shape index (κ2) is 6.46. The molecule has 110 valence electrons. The van der Waals surface area contributed by atoms with E-state index in [-0.39, 0.29) is 0 Å². The summed E-state index contributed by atoms with van der Waals surface area (Å²) in [6.45, 7) is 8.20. The van der Waals surface area contributed by atoms with Gasteiger partial charge in [0.05, 0.1) is 0 Å². The van der Waals surface area contributed by atoms with E-state index in [4.69, 9.17) is 9.47 Å². The fourth-order valence-electron chi connectivity index (χ4n) is 3.05. The molecular formula is C16H24N2O2. The zero-order valence-electron chi connectivity index (χ0n) is 12.2. The molecule has 3 rings (SSSR count). The van der Waals surface area contributed by atoms with Crippen molar-refractivity contribution in [3.05, 3.63) is 23.8 Å². The zero-order valence-corrected chi connectivity index (χ0v) is 12.2. The molecule has 1 N–H and O–H groups in total. The van der Waals surface area contributed by atoms with Crippen molar-refractivity contribution in [3.8, 4) is 11.5 Å². The van der Waals surface area contributed by atoms with Crippen LogP contribution in [0.5, 0.6) is 11.5 Å². The highest BCUT2D eigenvalue weighted by Gasteiger charge is 2.18. The molecule has 4 heteroatoms. The lowest BCUT2D eigenvalue weighted by molar-refractivity contribution is 0.173. The van der Waals surface area contributed by atoms with Crippen molar-refractivity contribution in [2.75, 3.05) is 33.0 Å². The van der Waals surface area contributed by atoms with Crippen LogP contribution >= 0.6 is 0 Å². The molecule has 1 fully saturated rings. The van der Waals surface area contributed by atoms with E-state index in [0.717, 1.165) is 37.1 Å². The van der Waals surface area contributed by atoms with Crippen molar-refractivity contribution in [3.63, 3.8) is 0 Å². The molecule has 1 saturated heterocycles. The third-order valence-electron chi connectivity index (χ3n) is 4.21. The maximum atomic E-state index is 5.45. The lowest BCUT2D eigenvalue weighted by Crippen LogP contribution is -2.38. The molecule has 0 bridgehead atoms. The van der Waals surface area contributed by atoms with Crippen LogP contribution < -0.4 is 14.8 Å². The number of piperidine rings is 1. The molecule has 1 aromatic rings. The van der Waals surface area contributed by atoms with Gasteiger partial charge in [0.25, 0.3) is 0 Å². The quantitative estimate of drug-likeness (QED) is 0.894. The number of nitrogens with zero attached hydrogens (tertiary/aromatic N) is 1. The maximum absolute atomic E-state index is 5.45. The summed E-state index contributed by atoms with van der Waals surface area (Å²) in [4.78, 5) is 2.52. The van der Waals surface area contributed by atoms with Gasteiger partial charge in [0, 0.05) is 13.1 Å². The maximum Gasteiger partial charge on any atom is 0.231 e. The van der Waals surface area contributed by atoms with E-state index >= 15 is 0 Å². The Labute approximate surface area is 121 Å². The number of ether oxygens (including phenoxy) is 2. The van der Waals surface area contributed by atoms with Gasteiger partial charge in [-0.3, -0.25) is 4.90 Å². The molecule has 1 atom stereocenters. The van der Waals surface area contributed by atoms with E-state index in [1.165, 1.54) is 31.5 Å². The summed E-state index contributed by atoms with van der Waals surface area (Å²) in [5.74, 6) is 2.55. The highest BCUT2D eigenvalue weighted by atomic mass is 16.7. The van der Waals surface area contributed by atoms with E-state index < -0.39 is 0 Å². The highest BCUT2D eigenvalue weighted by Crippen LogP contribution is 2.32. The van der Waals surface area contributed by atoms with Gasteiger partial charge >= 0.3 is 0 Å². The number of hydrogen-bond acceptors (Lipinski definition) is 4. The topological polar surface area (TPSA) is 33.7 Å². The number of nitrogens with one attached hydrogen (secondary N) is 1. The molecule has 0 aliphatic carbocycles. The summed E-state index contributed by atoms with van der Waals surface area (Å²) in [6.07, 6.45) is 2.66. The summed E-state index contributed by atoms with van der Waals surface area (Å²) in [7, 11) is 0. The number of hydrogen-bond donors (Lipinski definition) is 1. The normalized spacial score (nSPS) is 21.4. The molecule has 20 heavy (non-hydrogen) atoms. The molecule has 2 aliphatic heterocycles. The lowest BCUT2D eigenvalue weighted by Gasteiger charge is -2.29. The lowest BCUT2D eigenvalue weighted by atomic mass is 9.99. The molecule has 0 saturated carbocycles. The predicted molar refractivity (Wildman–Crippen MR) is 79.1 cm³/mol. The Bertz CT molecular complexity index is 444. The van der Waals surface area contributed by atoms with Gasteiger partial charge in [0.15, 0.2) is 11.5 Å². The van der Waals surface area contributed by atoms with Crippen molar-refractivity contribution in [2.24, 2.45) is 5.92 Å². The van der Waals surface area contributed by atoms with Gasteiger partial charge in [0.2, 0.25) is 6.79 Å². The summed E-state index contributed by atoms with van der Waals surface area (Å²) in [5.41, 5.74) is 1.31. The average Bonchev–Trinajstić information content (AvgIpc) is 2.95. The van der Waals surface area contributed by atoms with Crippen LogP contribution in [0.1, 0.15) is 25.3 Å². The van der Waals surface area contributed by atoms with Gasteiger partial charge in [-0.2, -0.15) is 0 Å². The van der Waals surface area contributed by atoms with Crippen LogP contribution in [0.25, 0.3) is 0 Å². The van der Waals surface area contributed by atoms with Crippen LogP contribution in [-0.4, -0.2) is 37.9 Å². The zero-order chi connectivity index (χ0) is 13.8. The Morgan fingerprint density at radius 2 is 2.20 bits per heavy atom. The van der Waals surface area contributed by atoms with Crippen molar-refractivity contribution in [1.29, 1.82) is 0 Å². The third kappa shape index (κ3) is 3.25. The average molecular weight is 276 g/mol. The van der Waals surface area contributed by atoms with Crippen LogP contribution in [0.15, 0.2) is 18.2 Å². The van der Waals surface area contributed by atoms with Crippen molar-refractivity contribution < 1.29 is 9.47 Å². The minimum absolute atomic E-state index is 0.351. The molecule has 0 amide bonds. The molecule has 2 heterocycles. The van der Waals surface area contributed by atoms with Crippen LogP contribution in [0, 0.1) is 5.92 Å². The van der Waals surface area contributed by atoms with Gasteiger partial charge in [-0.15, -0.1) is 0 Å². The monoisotopic (exact) mass is 276 g/mol. The van der Waals surface area contributed by atoms with Crippen LogP contribution in [0.3, 0.4) is 0 Å². The van der Waals surface area contributed by atoms with E-state index in [2.05, 4.69) is 29.3 Å². The fourth-order valence-corrected chi connectivity index (χ4v) is 3.05. The Kier molecular flexibility index (Phi) is 4.43. The Hall–Kier alpha value is -1.26. The first-order valence-electron chi connectivity index (χ1n) is 7.66. The highest BCUT2D eigenvalue weighted by molar-refractivity contribution is 5.44. The number of benzene rings is 1. The van der Waals surface area contributed by atoms with Crippen molar-refractivity contribution in [2.45, 2.75) is 26.3 Å². The Balaban J connectivity index is 1.59. The van der Waals surface area contributed by atoms with Crippen LogP contribution in [-0.2, 0) is 6.54 Å². The van der Waals surface area contributed by atoms with Crippen molar-refractivity contribution in [1.82, 2.24) is 10.2 Å². The largest absolute Gasteiger partial charge is 0.454 e. The molecule has 1 unspecified atom stereocenters. The first-order valence-corrected chi connectivity index (χ1v) is 7.66. The number of fused-ring (bicyclic) bond motifs is 1. The molecule has 2 aliphatic rings. The SMILES string of the molecule is CCN(Cc1ccc2c(c1)OCO2)CC1CCCNC1. The third-order valence-corrected chi connectivity index (χ3v) is 4.21. The predicted octanol–water partition coefficient (Wildman–Crippen LogP) is 2.24. The Morgan fingerprint density at radius 1 is 1.30 bits per heavy atom. The molecule has 4 nitrogen and oxygen atoms in total.